The Labute approximate surface area is 174 Å². The maximum Gasteiger partial charge on any atom is 0.255 e. The summed E-state index contributed by atoms with van der Waals surface area (Å²) in [7, 11) is 1.82. The lowest BCUT2D eigenvalue weighted by atomic mass is 10.1. The summed E-state index contributed by atoms with van der Waals surface area (Å²) >= 11 is 0. The molecule has 1 saturated carbocycles. The number of halogens is 1. The summed E-state index contributed by atoms with van der Waals surface area (Å²) in [6.07, 6.45) is 7.53. The second kappa shape index (κ2) is 8.62. The lowest BCUT2D eigenvalue weighted by Crippen LogP contribution is -2.41. The van der Waals surface area contributed by atoms with E-state index in [2.05, 4.69) is 15.4 Å². The smallest absolute Gasteiger partial charge is 0.255 e. The number of nitrogens with one attached hydrogen (secondary N) is 1. The third-order valence-corrected chi connectivity index (χ3v) is 5.38. The van der Waals surface area contributed by atoms with E-state index < -0.39 is 0 Å². The molecule has 2 heterocycles. The molecule has 1 amide bonds. The Morgan fingerprint density at radius 3 is 2.90 bits per heavy atom. The lowest BCUT2D eigenvalue weighted by molar-refractivity contribution is 0.0259. The van der Waals surface area contributed by atoms with Crippen LogP contribution in [0.4, 0.5) is 10.2 Å². The summed E-state index contributed by atoms with van der Waals surface area (Å²) in [6.45, 7) is 0.171. The number of ether oxygens (including phenoxy) is 1. The Balaban J connectivity index is 1.44. The van der Waals surface area contributed by atoms with Crippen molar-refractivity contribution in [3.05, 3.63) is 65.9 Å². The number of carbonyl (C=O) groups excluding carboxylic acids is 1. The van der Waals surface area contributed by atoms with Crippen LogP contribution in [0.1, 0.15) is 35.2 Å². The molecule has 1 fully saturated rings. The maximum absolute atomic E-state index is 13.8. The molecule has 156 valence electrons. The average Bonchev–Trinajstić information content (AvgIpc) is 3.36. The average molecular weight is 409 g/mol. The zero-order valence-electron chi connectivity index (χ0n) is 16.7. The standard InChI is InChI=1S/C22H24FN5O2/c1-28-12-16(11-26-28)15-9-17(21(24)25-10-15)22(29)27-19-7-4-8-20(19)30-13-14-5-2-3-6-18(14)23/h2-3,5-6,9-12,19-20H,4,7-8,13H2,1H3,(H2,24,25)(H,27,29)/t19-,20-/m0/s1. The van der Waals surface area contributed by atoms with Crippen LogP contribution < -0.4 is 11.1 Å². The molecule has 2 aromatic heterocycles. The Hall–Kier alpha value is -3.26. The van der Waals surface area contributed by atoms with E-state index in [1.807, 2.05) is 13.2 Å². The quantitative estimate of drug-likeness (QED) is 0.652. The van der Waals surface area contributed by atoms with E-state index in [9.17, 15) is 9.18 Å². The van der Waals surface area contributed by atoms with Gasteiger partial charge in [-0.2, -0.15) is 5.10 Å². The summed E-state index contributed by atoms with van der Waals surface area (Å²) < 4.78 is 21.5. The van der Waals surface area contributed by atoms with Crippen molar-refractivity contribution in [2.45, 2.75) is 38.0 Å². The van der Waals surface area contributed by atoms with E-state index in [0.717, 1.165) is 30.4 Å². The lowest BCUT2D eigenvalue weighted by Gasteiger charge is -2.22. The van der Waals surface area contributed by atoms with Crippen LogP contribution >= 0.6 is 0 Å². The van der Waals surface area contributed by atoms with E-state index >= 15 is 0 Å². The van der Waals surface area contributed by atoms with Crippen LogP contribution in [0.15, 0.2) is 48.9 Å². The number of hydrogen-bond donors (Lipinski definition) is 2. The van der Waals surface area contributed by atoms with Crippen molar-refractivity contribution in [1.29, 1.82) is 0 Å². The normalized spacial score (nSPS) is 18.5. The summed E-state index contributed by atoms with van der Waals surface area (Å²) in [5.74, 6) is -0.416. The molecule has 0 saturated heterocycles. The van der Waals surface area contributed by atoms with Crippen molar-refractivity contribution in [3.63, 3.8) is 0 Å². The van der Waals surface area contributed by atoms with Gasteiger partial charge in [0.05, 0.1) is 30.5 Å². The number of carbonyl (C=O) groups is 1. The van der Waals surface area contributed by atoms with Crippen molar-refractivity contribution in [2.24, 2.45) is 7.05 Å². The van der Waals surface area contributed by atoms with E-state index in [1.54, 1.807) is 41.3 Å². The van der Waals surface area contributed by atoms with Crippen LogP contribution in [0.25, 0.3) is 11.1 Å². The SMILES string of the molecule is Cn1cc(-c2cnc(N)c(C(=O)N[C@H]3CCC[C@@H]3OCc3ccccc3F)c2)cn1. The van der Waals surface area contributed by atoms with E-state index in [4.69, 9.17) is 10.5 Å². The van der Waals surface area contributed by atoms with Crippen molar-refractivity contribution >= 4 is 11.7 Å². The fourth-order valence-corrected chi connectivity index (χ4v) is 3.73. The van der Waals surface area contributed by atoms with Crippen molar-refractivity contribution < 1.29 is 13.9 Å². The number of rotatable bonds is 6. The molecule has 4 rings (SSSR count). The molecule has 2 atom stereocenters. The summed E-state index contributed by atoms with van der Waals surface area (Å²) in [6, 6.07) is 8.10. The molecule has 0 bridgehead atoms. The molecule has 0 radical (unpaired) electrons. The van der Waals surface area contributed by atoms with Crippen LogP contribution in [-0.4, -0.2) is 32.8 Å². The van der Waals surface area contributed by atoms with Gasteiger partial charge < -0.3 is 15.8 Å². The van der Waals surface area contributed by atoms with E-state index in [1.165, 1.54) is 6.07 Å². The monoisotopic (exact) mass is 409 g/mol. The first-order valence-corrected chi connectivity index (χ1v) is 9.91. The van der Waals surface area contributed by atoms with Crippen molar-refractivity contribution in [2.75, 3.05) is 5.73 Å². The number of nitrogens with two attached hydrogens (primary N) is 1. The summed E-state index contributed by atoms with van der Waals surface area (Å²) in [5.41, 5.74) is 8.41. The summed E-state index contributed by atoms with van der Waals surface area (Å²) in [4.78, 5) is 17.1. The molecule has 3 aromatic rings. The van der Waals surface area contributed by atoms with Gasteiger partial charge in [-0.25, -0.2) is 9.37 Å². The Morgan fingerprint density at radius 2 is 2.13 bits per heavy atom. The van der Waals surface area contributed by atoms with Crippen molar-refractivity contribution in [3.8, 4) is 11.1 Å². The second-order valence-corrected chi connectivity index (χ2v) is 7.51. The first-order valence-electron chi connectivity index (χ1n) is 9.91. The van der Waals surface area contributed by atoms with Gasteiger partial charge in [-0.05, 0) is 31.4 Å². The zero-order chi connectivity index (χ0) is 21.1. The fraction of sp³-hybridized carbons (Fsp3) is 0.318. The zero-order valence-corrected chi connectivity index (χ0v) is 16.7. The third-order valence-electron chi connectivity index (χ3n) is 5.38. The van der Waals surface area contributed by atoms with Crippen LogP contribution in [0, 0.1) is 5.82 Å². The van der Waals surface area contributed by atoms with Crippen LogP contribution in [-0.2, 0) is 18.4 Å². The van der Waals surface area contributed by atoms with Crippen LogP contribution in [0.2, 0.25) is 0 Å². The van der Waals surface area contributed by atoms with Gasteiger partial charge in [0.15, 0.2) is 0 Å². The summed E-state index contributed by atoms with van der Waals surface area (Å²) in [5, 5.41) is 7.17. The molecule has 0 aliphatic heterocycles. The first-order chi connectivity index (χ1) is 14.5. The molecule has 8 heteroatoms. The molecular formula is C22H24FN5O2. The molecular weight excluding hydrogens is 385 g/mol. The minimum absolute atomic E-state index is 0.161. The number of nitrogens with zero attached hydrogens (tertiary/aromatic N) is 3. The molecule has 30 heavy (non-hydrogen) atoms. The minimum atomic E-state index is -0.294. The van der Waals surface area contributed by atoms with Gasteiger partial charge in [-0.15, -0.1) is 0 Å². The molecule has 1 aliphatic rings. The minimum Gasteiger partial charge on any atom is -0.383 e. The Bertz CT molecular complexity index is 1050. The predicted molar refractivity (Wildman–Crippen MR) is 111 cm³/mol. The number of amides is 1. The van der Waals surface area contributed by atoms with Crippen LogP contribution in [0.5, 0.6) is 0 Å². The molecule has 3 N–H and O–H groups in total. The van der Waals surface area contributed by atoms with Gasteiger partial charge in [0, 0.05) is 36.1 Å². The largest absolute Gasteiger partial charge is 0.383 e. The molecule has 1 aliphatic carbocycles. The fourth-order valence-electron chi connectivity index (χ4n) is 3.73. The van der Waals surface area contributed by atoms with Gasteiger partial charge in [-0.3, -0.25) is 9.48 Å². The molecule has 7 nitrogen and oxygen atoms in total. The molecule has 0 unspecified atom stereocenters. The number of aromatic nitrogens is 3. The highest BCUT2D eigenvalue weighted by Crippen LogP contribution is 2.26. The second-order valence-electron chi connectivity index (χ2n) is 7.51. The van der Waals surface area contributed by atoms with Gasteiger partial charge in [-0.1, -0.05) is 18.2 Å². The number of hydrogen-bond acceptors (Lipinski definition) is 5. The van der Waals surface area contributed by atoms with Gasteiger partial charge in [0.25, 0.3) is 5.91 Å². The highest BCUT2D eigenvalue weighted by atomic mass is 19.1. The number of nitrogen functional groups attached to an aromatic ring is 1. The number of pyridine rings is 1. The van der Waals surface area contributed by atoms with Gasteiger partial charge in [0.2, 0.25) is 0 Å². The van der Waals surface area contributed by atoms with E-state index in [0.29, 0.717) is 11.1 Å². The van der Waals surface area contributed by atoms with Gasteiger partial charge >= 0.3 is 0 Å². The first kappa shape index (κ1) is 20.0. The number of aryl methyl sites for hydroxylation is 1. The highest BCUT2D eigenvalue weighted by Gasteiger charge is 2.30. The van der Waals surface area contributed by atoms with Crippen LogP contribution in [0.3, 0.4) is 0 Å². The maximum atomic E-state index is 13.8. The predicted octanol–water partition coefficient (Wildman–Crippen LogP) is 3.07. The third kappa shape index (κ3) is 4.33. The topological polar surface area (TPSA) is 95.1 Å². The van der Waals surface area contributed by atoms with Crippen molar-refractivity contribution in [1.82, 2.24) is 20.1 Å². The number of anilines is 1. The van der Waals surface area contributed by atoms with E-state index in [-0.39, 0.29) is 36.3 Å². The highest BCUT2D eigenvalue weighted by molar-refractivity contribution is 5.99. The number of benzene rings is 1. The molecule has 0 spiro atoms. The Morgan fingerprint density at radius 1 is 1.30 bits per heavy atom. The molecule has 1 aromatic carbocycles. The Kier molecular flexibility index (Phi) is 5.76. The van der Waals surface area contributed by atoms with Gasteiger partial charge in [0.1, 0.15) is 11.6 Å².